The topological polar surface area (TPSA) is 104 Å². The number of aromatic nitrogens is 4. The summed E-state index contributed by atoms with van der Waals surface area (Å²) >= 11 is 0. The van der Waals surface area contributed by atoms with Crippen molar-refractivity contribution in [1.29, 1.82) is 0 Å². The van der Waals surface area contributed by atoms with Crippen molar-refractivity contribution in [3.63, 3.8) is 0 Å². The zero-order chi connectivity index (χ0) is 18.0. The smallest absolute Gasteiger partial charge is 0.261 e. The average molecular weight is 339 g/mol. The number of aryl methyl sites for hydroxylation is 2. The highest BCUT2D eigenvalue weighted by Gasteiger charge is 2.22. The molecule has 3 aromatic rings. The third-order valence-corrected chi connectivity index (χ3v) is 3.84. The molecule has 3 heterocycles. The Bertz CT molecular complexity index is 951. The van der Waals surface area contributed by atoms with Crippen LogP contribution >= 0.6 is 0 Å². The van der Waals surface area contributed by atoms with Gasteiger partial charge in [0.2, 0.25) is 11.9 Å². The van der Waals surface area contributed by atoms with Crippen LogP contribution in [0.1, 0.15) is 32.2 Å². The van der Waals surface area contributed by atoms with Gasteiger partial charge in [0.25, 0.3) is 5.56 Å². The van der Waals surface area contributed by atoms with Crippen molar-refractivity contribution in [2.24, 2.45) is 5.41 Å². The largest absolute Gasteiger partial charge is 0.343 e. The molecule has 0 atom stereocenters. The first-order valence-corrected chi connectivity index (χ1v) is 8.16. The second-order valence-corrected chi connectivity index (χ2v) is 7.00. The first-order valence-electron chi connectivity index (χ1n) is 8.16. The molecule has 1 amide bonds. The van der Waals surface area contributed by atoms with E-state index in [1.54, 1.807) is 33.0 Å². The minimum Gasteiger partial charge on any atom is -0.343 e. The molecule has 130 valence electrons. The van der Waals surface area contributed by atoms with Crippen molar-refractivity contribution >= 4 is 22.9 Å². The van der Waals surface area contributed by atoms with E-state index in [-0.39, 0.29) is 17.4 Å². The lowest BCUT2D eigenvalue weighted by molar-refractivity contribution is -0.123. The van der Waals surface area contributed by atoms with Crippen molar-refractivity contribution < 1.29 is 4.79 Å². The van der Waals surface area contributed by atoms with E-state index in [0.717, 1.165) is 24.2 Å². The van der Waals surface area contributed by atoms with Gasteiger partial charge in [0.1, 0.15) is 5.65 Å². The number of pyridine rings is 1. The molecule has 3 aromatic heterocycles. The molecule has 3 rings (SSSR count). The van der Waals surface area contributed by atoms with Gasteiger partial charge < -0.3 is 4.98 Å². The van der Waals surface area contributed by atoms with E-state index in [2.05, 4.69) is 25.3 Å². The van der Waals surface area contributed by atoms with Crippen molar-refractivity contribution in [1.82, 2.24) is 19.9 Å². The van der Waals surface area contributed by atoms with Crippen molar-refractivity contribution in [3.05, 3.63) is 52.2 Å². The fourth-order valence-electron chi connectivity index (χ4n) is 2.37. The number of hydrogen-bond acceptors (Lipinski definition) is 4. The molecule has 0 aliphatic carbocycles. The van der Waals surface area contributed by atoms with Gasteiger partial charge in [0, 0.05) is 23.0 Å². The molecule has 3 N–H and O–H groups in total. The number of hydrogen-bond donors (Lipinski definition) is 3. The molecule has 7 nitrogen and oxygen atoms in total. The van der Waals surface area contributed by atoms with Gasteiger partial charge >= 0.3 is 0 Å². The third-order valence-electron chi connectivity index (χ3n) is 3.84. The molecule has 0 unspecified atom stereocenters. The van der Waals surface area contributed by atoms with Gasteiger partial charge in [-0.25, -0.2) is 0 Å². The highest BCUT2D eigenvalue weighted by molar-refractivity contribution is 5.93. The van der Waals surface area contributed by atoms with E-state index in [9.17, 15) is 9.59 Å². The fourth-order valence-corrected chi connectivity index (χ4v) is 2.37. The van der Waals surface area contributed by atoms with Crippen LogP contribution in [0.2, 0.25) is 0 Å². The SMILES string of the molecule is CC(C)(C)C(=O)Nc1nc2[nH]c(CCc3ccccn3)cc2c(=O)[nH]1. The molecule has 0 bridgehead atoms. The Morgan fingerprint density at radius 2 is 2.00 bits per heavy atom. The van der Waals surface area contributed by atoms with Crippen molar-refractivity contribution in [3.8, 4) is 0 Å². The minimum atomic E-state index is -0.572. The van der Waals surface area contributed by atoms with Crippen LogP contribution in [0.25, 0.3) is 11.0 Å². The summed E-state index contributed by atoms with van der Waals surface area (Å²) in [5.41, 5.74) is 1.49. The minimum absolute atomic E-state index is 0.149. The zero-order valence-electron chi connectivity index (χ0n) is 14.5. The quantitative estimate of drug-likeness (QED) is 0.679. The Morgan fingerprint density at radius 3 is 2.68 bits per heavy atom. The van der Waals surface area contributed by atoms with Crippen LogP contribution in [0, 0.1) is 5.41 Å². The monoisotopic (exact) mass is 339 g/mol. The number of fused-ring (bicyclic) bond motifs is 1. The number of amides is 1. The van der Waals surface area contributed by atoms with Gasteiger partial charge in [-0.2, -0.15) is 4.98 Å². The summed E-state index contributed by atoms with van der Waals surface area (Å²) in [6, 6.07) is 7.58. The summed E-state index contributed by atoms with van der Waals surface area (Å²) in [5, 5.41) is 3.12. The van der Waals surface area contributed by atoms with E-state index >= 15 is 0 Å². The molecule has 0 aromatic carbocycles. The maximum absolute atomic E-state index is 12.2. The summed E-state index contributed by atoms with van der Waals surface area (Å²) < 4.78 is 0. The Kier molecular flexibility index (Phi) is 4.39. The summed E-state index contributed by atoms with van der Waals surface area (Å²) in [5.74, 6) is -0.0625. The van der Waals surface area contributed by atoms with Crippen LogP contribution in [0.4, 0.5) is 5.95 Å². The first-order chi connectivity index (χ1) is 11.8. The second-order valence-electron chi connectivity index (χ2n) is 7.00. The van der Waals surface area contributed by atoms with Gasteiger partial charge in [0.05, 0.1) is 5.39 Å². The standard InChI is InChI=1S/C18H21N5O2/c1-18(2,3)16(25)23-17-21-14-13(15(24)22-17)10-12(20-14)8-7-11-6-4-5-9-19-11/h4-6,9-10H,7-8H2,1-3H3,(H3,20,21,22,23,24,25). The molecular weight excluding hydrogens is 318 g/mol. The molecular formula is C18H21N5O2. The average Bonchev–Trinajstić information content (AvgIpc) is 2.96. The maximum Gasteiger partial charge on any atom is 0.261 e. The number of aromatic amines is 2. The predicted octanol–water partition coefficient (Wildman–Crippen LogP) is 2.42. The molecule has 0 radical (unpaired) electrons. The van der Waals surface area contributed by atoms with E-state index in [4.69, 9.17) is 0 Å². The lowest BCUT2D eigenvalue weighted by Gasteiger charge is -2.16. The summed E-state index contributed by atoms with van der Waals surface area (Å²) in [6.45, 7) is 5.38. The number of nitrogens with one attached hydrogen (secondary N) is 3. The van der Waals surface area contributed by atoms with Gasteiger partial charge in [-0.05, 0) is 31.0 Å². The summed E-state index contributed by atoms with van der Waals surface area (Å²) in [7, 11) is 0. The molecule has 0 aliphatic heterocycles. The number of carbonyl (C=O) groups excluding carboxylic acids is 1. The summed E-state index contributed by atoms with van der Waals surface area (Å²) in [6.07, 6.45) is 3.24. The molecule has 0 fully saturated rings. The van der Waals surface area contributed by atoms with Crippen molar-refractivity contribution in [2.45, 2.75) is 33.6 Å². The molecule has 0 saturated carbocycles. The van der Waals surface area contributed by atoms with Crippen LogP contribution in [-0.2, 0) is 17.6 Å². The number of H-pyrrole nitrogens is 2. The third kappa shape index (κ3) is 3.93. The molecule has 0 aliphatic rings. The zero-order valence-corrected chi connectivity index (χ0v) is 14.5. The Labute approximate surface area is 144 Å². The van der Waals surface area contributed by atoms with E-state index in [0.29, 0.717) is 11.0 Å². The normalized spacial score (nSPS) is 11.6. The van der Waals surface area contributed by atoms with Crippen LogP contribution in [0.3, 0.4) is 0 Å². The Hall–Kier alpha value is -2.96. The fraction of sp³-hybridized carbons (Fsp3) is 0.333. The van der Waals surface area contributed by atoms with E-state index in [1.165, 1.54) is 0 Å². The van der Waals surface area contributed by atoms with Gasteiger partial charge in [-0.15, -0.1) is 0 Å². The van der Waals surface area contributed by atoms with Crippen molar-refractivity contribution in [2.75, 3.05) is 5.32 Å². The lowest BCUT2D eigenvalue weighted by Crippen LogP contribution is -2.29. The summed E-state index contributed by atoms with van der Waals surface area (Å²) in [4.78, 5) is 38.6. The number of rotatable bonds is 4. The Morgan fingerprint density at radius 1 is 1.20 bits per heavy atom. The predicted molar refractivity (Wildman–Crippen MR) is 96.4 cm³/mol. The van der Waals surface area contributed by atoms with Gasteiger partial charge in [0.15, 0.2) is 0 Å². The number of carbonyl (C=O) groups is 1. The highest BCUT2D eigenvalue weighted by atomic mass is 16.2. The highest BCUT2D eigenvalue weighted by Crippen LogP contribution is 2.16. The Balaban J connectivity index is 1.81. The van der Waals surface area contributed by atoms with Gasteiger partial charge in [-0.1, -0.05) is 26.8 Å². The van der Waals surface area contributed by atoms with E-state index in [1.807, 2.05) is 18.2 Å². The van der Waals surface area contributed by atoms with Gasteiger partial charge in [-0.3, -0.25) is 24.9 Å². The molecule has 0 saturated heterocycles. The maximum atomic E-state index is 12.2. The lowest BCUT2D eigenvalue weighted by atomic mass is 9.96. The van der Waals surface area contributed by atoms with Crippen LogP contribution in [0.5, 0.6) is 0 Å². The van der Waals surface area contributed by atoms with Crippen LogP contribution < -0.4 is 10.9 Å². The number of nitrogens with zero attached hydrogens (tertiary/aromatic N) is 2. The van der Waals surface area contributed by atoms with Crippen LogP contribution in [0.15, 0.2) is 35.3 Å². The first kappa shape index (κ1) is 16.9. The van der Waals surface area contributed by atoms with E-state index < -0.39 is 5.41 Å². The molecule has 0 spiro atoms. The second kappa shape index (κ2) is 6.51. The molecule has 25 heavy (non-hydrogen) atoms. The number of anilines is 1. The molecule has 7 heteroatoms. The van der Waals surface area contributed by atoms with Crippen LogP contribution in [-0.4, -0.2) is 25.8 Å².